The van der Waals surface area contributed by atoms with Crippen LogP contribution in [0.1, 0.15) is 56.2 Å². The molecule has 11 heteroatoms. The Morgan fingerprint density at radius 1 is 1.32 bits per heavy atom. The Kier molecular flexibility index (Phi) is 5.74. The summed E-state index contributed by atoms with van der Waals surface area (Å²) in [5.41, 5.74) is 0.540. The van der Waals surface area contributed by atoms with Crippen molar-refractivity contribution in [3.63, 3.8) is 0 Å². The molecule has 3 aromatic rings. The average molecular weight is 437 g/mol. The van der Waals surface area contributed by atoms with Crippen LogP contribution in [0.2, 0.25) is 0 Å². The van der Waals surface area contributed by atoms with Crippen LogP contribution in [0.15, 0.2) is 15.2 Å². The highest BCUT2D eigenvalue weighted by molar-refractivity contribution is 8.00. The summed E-state index contributed by atoms with van der Waals surface area (Å²) in [5, 5.41) is 16.9. The zero-order chi connectivity index (χ0) is 19.7. The molecule has 0 radical (unpaired) electrons. The highest BCUT2D eigenvalue weighted by Gasteiger charge is 2.28. The van der Waals surface area contributed by atoms with E-state index in [1.54, 1.807) is 0 Å². The monoisotopic (exact) mass is 436 g/mol. The molecule has 1 aliphatic rings. The third-order valence-electron chi connectivity index (χ3n) is 4.58. The van der Waals surface area contributed by atoms with Gasteiger partial charge in [0.05, 0.1) is 5.69 Å². The van der Waals surface area contributed by atoms with Crippen LogP contribution in [0.25, 0.3) is 4.96 Å². The molecule has 0 aliphatic heterocycles. The van der Waals surface area contributed by atoms with Crippen LogP contribution in [-0.4, -0.2) is 30.7 Å². The van der Waals surface area contributed by atoms with Crippen LogP contribution in [0, 0.1) is 5.92 Å². The van der Waals surface area contributed by atoms with Gasteiger partial charge in [0.1, 0.15) is 5.01 Å². The Hall–Kier alpha value is -1.85. The molecule has 3 aromatic heterocycles. The summed E-state index contributed by atoms with van der Waals surface area (Å²) >= 11 is 4.28. The van der Waals surface area contributed by atoms with Gasteiger partial charge in [-0.1, -0.05) is 48.3 Å². The third kappa shape index (κ3) is 4.26. The van der Waals surface area contributed by atoms with Crippen molar-refractivity contribution in [3.05, 3.63) is 27.1 Å². The van der Waals surface area contributed by atoms with Gasteiger partial charge >= 0.3 is 0 Å². The maximum Gasteiger partial charge on any atom is 0.275 e. The van der Waals surface area contributed by atoms with Crippen molar-refractivity contribution < 1.29 is 4.79 Å². The zero-order valence-corrected chi connectivity index (χ0v) is 18.0. The van der Waals surface area contributed by atoms with Crippen molar-refractivity contribution in [2.75, 3.05) is 5.32 Å². The van der Waals surface area contributed by atoms with Crippen LogP contribution < -0.4 is 10.9 Å². The predicted octanol–water partition coefficient (Wildman–Crippen LogP) is 3.55. The number of aromatic nitrogens is 5. The van der Waals surface area contributed by atoms with E-state index in [9.17, 15) is 9.59 Å². The van der Waals surface area contributed by atoms with Gasteiger partial charge < -0.3 is 5.32 Å². The molecular formula is C17H20N6O2S3. The normalized spacial score (nSPS) is 14.1. The third-order valence-corrected chi connectivity index (χ3v) is 7.65. The van der Waals surface area contributed by atoms with Gasteiger partial charge in [0.15, 0.2) is 4.34 Å². The first-order valence-corrected chi connectivity index (χ1v) is 11.9. The molecular weight excluding hydrogens is 416 g/mol. The molecule has 1 aliphatic carbocycles. The minimum Gasteiger partial charge on any atom is -0.300 e. The number of hydrogen-bond acceptors (Lipinski definition) is 9. The van der Waals surface area contributed by atoms with E-state index in [2.05, 4.69) is 25.6 Å². The smallest absolute Gasteiger partial charge is 0.275 e. The predicted molar refractivity (Wildman–Crippen MR) is 111 cm³/mol. The van der Waals surface area contributed by atoms with E-state index >= 15 is 0 Å². The number of fused-ring (bicyclic) bond motifs is 1. The first-order chi connectivity index (χ1) is 13.6. The van der Waals surface area contributed by atoms with E-state index in [0.717, 1.165) is 35.0 Å². The van der Waals surface area contributed by atoms with Gasteiger partial charge in [-0.25, -0.2) is 4.98 Å². The van der Waals surface area contributed by atoms with Gasteiger partial charge in [0.25, 0.3) is 5.56 Å². The topological polar surface area (TPSA) is 102 Å². The summed E-state index contributed by atoms with van der Waals surface area (Å²) in [4.78, 5) is 29.7. The van der Waals surface area contributed by atoms with Crippen LogP contribution >= 0.6 is 34.4 Å². The summed E-state index contributed by atoms with van der Waals surface area (Å²) in [5.74, 6) is 0.981. The van der Waals surface area contributed by atoms with Crippen LogP contribution in [0.4, 0.5) is 5.13 Å². The Morgan fingerprint density at radius 2 is 2.11 bits per heavy atom. The Morgan fingerprint density at radius 3 is 2.82 bits per heavy atom. The number of anilines is 1. The van der Waals surface area contributed by atoms with Gasteiger partial charge in [-0.05, 0) is 25.7 Å². The number of nitrogens with zero attached hydrogens (tertiary/aromatic N) is 5. The number of nitrogens with one attached hydrogen (secondary N) is 1. The van der Waals surface area contributed by atoms with Gasteiger partial charge in [0, 0.05) is 23.7 Å². The highest BCUT2D eigenvalue weighted by atomic mass is 32.2. The molecule has 0 bridgehead atoms. The lowest BCUT2D eigenvalue weighted by atomic mass is 10.0. The fraction of sp³-hybridized carbons (Fsp3) is 0.529. The van der Waals surface area contributed by atoms with E-state index in [0.29, 0.717) is 27.5 Å². The van der Waals surface area contributed by atoms with E-state index in [1.807, 2.05) is 13.8 Å². The molecule has 1 saturated carbocycles. The Labute approximate surface area is 173 Å². The summed E-state index contributed by atoms with van der Waals surface area (Å²) in [6.07, 6.45) is 3.88. The molecule has 0 atom stereocenters. The zero-order valence-electron chi connectivity index (χ0n) is 15.5. The van der Waals surface area contributed by atoms with E-state index in [4.69, 9.17) is 0 Å². The fourth-order valence-corrected chi connectivity index (χ4v) is 5.50. The molecule has 4 rings (SSSR count). The molecule has 1 N–H and O–H groups in total. The van der Waals surface area contributed by atoms with Gasteiger partial charge in [-0.2, -0.15) is 9.61 Å². The van der Waals surface area contributed by atoms with E-state index in [-0.39, 0.29) is 17.4 Å². The van der Waals surface area contributed by atoms with Crippen molar-refractivity contribution in [2.24, 2.45) is 5.92 Å². The molecule has 28 heavy (non-hydrogen) atoms. The quantitative estimate of drug-likeness (QED) is 0.425. The molecule has 1 fully saturated rings. The fourth-order valence-electron chi connectivity index (χ4n) is 2.76. The SMILES string of the molecule is CCC(CC)C(=O)Nc1nnc(SCc2cc(=O)n3nc(C4CC4)sc3n2)s1. The van der Waals surface area contributed by atoms with Crippen LogP contribution in [-0.2, 0) is 10.5 Å². The number of carbonyl (C=O) groups is 1. The van der Waals surface area contributed by atoms with Gasteiger partial charge in [-0.3, -0.25) is 9.59 Å². The number of hydrogen-bond donors (Lipinski definition) is 1. The summed E-state index contributed by atoms with van der Waals surface area (Å²) in [6.45, 7) is 4.00. The van der Waals surface area contributed by atoms with Crippen LogP contribution in [0.5, 0.6) is 0 Å². The lowest BCUT2D eigenvalue weighted by molar-refractivity contribution is -0.120. The second-order valence-electron chi connectivity index (χ2n) is 6.66. The van der Waals surface area contributed by atoms with E-state index in [1.165, 1.54) is 45.0 Å². The van der Waals surface area contributed by atoms with Crippen molar-refractivity contribution in [2.45, 2.75) is 55.5 Å². The standard InChI is InChI=1S/C17H20N6O2S3/c1-3-9(4-2)13(25)19-15-20-21-17(28-15)26-8-11-7-12(24)23-16(18-11)27-14(22-23)10-5-6-10/h7,9-10H,3-6,8H2,1-2H3,(H,19,20,25). The average Bonchev–Trinajstić information content (AvgIpc) is 3.28. The maximum atomic E-state index is 12.3. The van der Waals surface area contributed by atoms with Crippen molar-refractivity contribution in [1.82, 2.24) is 24.8 Å². The first kappa shape index (κ1) is 19.5. The molecule has 3 heterocycles. The molecule has 0 saturated heterocycles. The second-order valence-corrected chi connectivity index (χ2v) is 9.85. The van der Waals surface area contributed by atoms with Crippen molar-refractivity contribution >= 4 is 50.4 Å². The molecule has 0 unspecified atom stereocenters. The molecule has 8 nitrogen and oxygen atoms in total. The lowest BCUT2D eigenvalue weighted by Crippen LogP contribution is -2.21. The van der Waals surface area contributed by atoms with Crippen molar-refractivity contribution in [1.29, 1.82) is 0 Å². The number of carbonyl (C=O) groups excluding carboxylic acids is 1. The summed E-state index contributed by atoms with van der Waals surface area (Å²) < 4.78 is 2.12. The van der Waals surface area contributed by atoms with E-state index < -0.39 is 0 Å². The van der Waals surface area contributed by atoms with Crippen molar-refractivity contribution in [3.8, 4) is 0 Å². The maximum absolute atomic E-state index is 12.3. The largest absolute Gasteiger partial charge is 0.300 e. The Balaban J connectivity index is 1.41. The lowest BCUT2D eigenvalue weighted by Gasteiger charge is -2.09. The summed E-state index contributed by atoms with van der Waals surface area (Å²) in [6, 6.07) is 1.52. The number of thioether (sulfide) groups is 1. The highest BCUT2D eigenvalue weighted by Crippen LogP contribution is 2.41. The molecule has 1 amide bonds. The first-order valence-electron chi connectivity index (χ1n) is 9.24. The Bertz CT molecular complexity index is 1050. The molecule has 0 aromatic carbocycles. The second kappa shape index (κ2) is 8.26. The van der Waals surface area contributed by atoms with Gasteiger partial charge in [-0.15, -0.1) is 10.2 Å². The minimum absolute atomic E-state index is 0.0103. The molecule has 148 valence electrons. The minimum atomic E-state index is -0.154. The van der Waals surface area contributed by atoms with Gasteiger partial charge in [0.2, 0.25) is 16.0 Å². The van der Waals surface area contributed by atoms with Crippen LogP contribution in [0.3, 0.4) is 0 Å². The summed E-state index contributed by atoms with van der Waals surface area (Å²) in [7, 11) is 0. The molecule has 0 spiro atoms. The number of rotatable bonds is 8. The number of amides is 1.